The Bertz CT molecular complexity index is 4250. The van der Waals surface area contributed by atoms with Gasteiger partial charge in [0.25, 0.3) is 0 Å². The third-order valence-corrected chi connectivity index (χ3v) is 24.8. The number of aliphatic carboxylic acids is 1. The van der Waals surface area contributed by atoms with Crippen LogP contribution >= 0.6 is 11.8 Å². The average molecular weight is 2110 g/mol. The van der Waals surface area contributed by atoms with Crippen LogP contribution in [0.25, 0.3) is 0 Å². The zero-order chi connectivity index (χ0) is 112. The Balaban J connectivity index is 6.42. The van der Waals surface area contributed by atoms with Crippen LogP contribution in [0, 0.1) is 29.6 Å². The largest absolute Gasteiger partial charge is 0.480 e. The highest BCUT2D eigenvalue weighted by Gasteiger charge is 2.41. The zero-order valence-corrected chi connectivity index (χ0v) is 89.5. The molecule has 0 heterocycles. The fraction of sp³-hybridized carbons (Fsp3) is 0.766. The number of hydrogen-bond donors (Lipinski definition) is 30. The number of unbranched alkanes of at least 4 members (excludes halogenated alkanes) is 4. The van der Waals surface area contributed by atoms with Gasteiger partial charge in [-0.25, -0.2) is 4.79 Å². The van der Waals surface area contributed by atoms with Crippen LogP contribution in [0.4, 0.5) is 0 Å². The van der Waals surface area contributed by atoms with Gasteiger partial charge in [0.15, 0.2) is 0 Å². The highest BCUT2D eigenvalue weighted by Crippen LogP contribution is 2.18. The summed E-state index contributed by atoms with van der Waals surface area (Å²) in [4.78, 5) is 300. The molecule has 0 rings (SSSR count). The molecular formula is C94H172N26O26S. The number of carboxylic acid groups (broad SMARTS) is 1. The van der Waals surface area contributed by atoms with E-state index >= 15 is 0 Å². The molecule has 52 nitrogen and oxygen atoms in total. The molecule has 0 fully saturated rings. The molecule has 0 unspecified atom stereocenters. The standard InChI is InChI=1S/C94H172N26O26S/c1-20-49(8)71(89(140)106-56(15)78(129)110-63(34-26-30-39-98)86(137)120-75(59(18)123)92(143)107-57(16)81(132)117-73(51(10)22-3)91(142)112-62(33-25-29-38-97)84(135)113-65(41-47(4)5)87(138)104-54(13)79(130)114-66(94(145)146)42-48(6)7)118-85(136)60(31-23-27-36-95)109-69(125)44-100-77(128)53(12)105-90(141)72(50(9)21-2)119-93(144)74(58(17)122)116-70(126)45-101-76(127)52(11)102-82(133)61(32-24-28-37-96)111-88(139)67(46-121)115-80(131)55(14)103-83(134)64(35-40-147-19)108-68(124)43-99/h47-67,71-75,121-123H,20-46,95-99H2,1-19H3,(H,100,128)(H,101,127)(H,102,133)(H,103,134)(H,104,138)(H,105,141)(H,106,140)(H,107,143)(H,108,124)(H,109,125)(H,110,129)(H,111,139)(H,112,142)(H,113,135)(H,114,130)(H,115,131)(H,116,126)(H,117,132)(H,118,136)(H,119,144)(H,120,137)(H,145,146)/t49-,50-,51-,52-,53-,54-,55-,56-,57-,58+,59+,60-,61-,62-,63-,64-,65-,66-,67-,71-,72-,73-,74-,75-/m0/s1. The zero-order valence-electron chi connectivity index (χ0n) is 88.7. The fourth-order valence-electron chi connectivity index (χ4n) is 14.4. The van der Waals surface area contributed by atoms with Gasteiger partial charge in [-0.05, 0) is 219 Å². The Labute approximate surface area is 865 Å². The molecule has 0 bridgehead atoms. The van der Waals surface area contributed by atoms with Crippen LogP contribution < -0.4 is 140 Å². The fourth-order valence-corrected chi connectivity index (χ4v) is 14.9. The first-order valence-corrected chi connectivity index (χ1v) is 51.9. The van der Waals surface area contributed by atoms with Gasteiger partial charge in [0.1, 0.15) is 115 Å². The summed E-state index contributed by atoms with van der Waals surface area (Å²) in [6, 6.07) is -26.7. The molecule has 53 heteroatoms. The molecule has 21 amide bonds. The SMILES string of the molecule is CC[C@H](C)[C@H](NC(=O)[C@H](C)NC(=O)[C@@H](NC(=O)[C@H](CCCCN)NC(=O)[C@H](C)NC(=O)[C@@H](NC(=O)[C@H](CCCCN)NC(=O)CNC(=O)[C@H](C)NC(=O)[C@@H](NC(=O)[C@@H](NC(=O)CNC(=O)[C@H](C)NC(=O)[C@H](CCCCN)NC(=O)[C@H](CO)NC(=O)[C@H](C)NC(=O)[C@H](CCSC)NC(=O)CN)[C@@H](C)O)[C@@H](C)CC)[C@@H](C)CC)[C@@H](C)O)C(=O)N[C@@H](CCCCN)C(=O)N[C@@H](CC(C)C)C(=O)N[C@@H](C)C(=O)N[C@@H](CC(C)C)C(=O)O. The van der Waals surface area contributed by atoms with Gasteiger partial charge in [-0.15, -0.1) is 0 Å². The van der Waals surface area contributed by atoms with Crippen molar-refractivity contribution in [3.05, 3.63) is 0 Å². The first kappa shape index (κ1) is 135. The highest BCUT2D eigenvalue weighted by atomic mass is 32.2. The second-order valence-corrected chi connectivity index (χ2v) is 38.9. The lowest BCUT2D eigenvalue weighted by molar-refractivity contribution is -0.142. The maximum atomic E-state index is 14.4. The van der Waals surface area contributed by atoms with Crippen LogP contribution in [-0.4, -0.2) is 342 Å². The Morgan fingerprint density at radius 1 is 0.259 bits per heavy atom. The molecule has 0 aliphatic carbocycles. The minimum absolute atomic E-state index is 0.0221. The number of aliphatic hydroxyl groups is 3. The van der Waals surface area contributed by atoms with Crippen LogP contribution in [0.2, 0.25) is 0 Å². The van der Waals surface area contributed by atoms with Crippen LogP contribution in [0.15, 0.2) is 0 Å². The molecule has 0 aromatic rings. The number of thioether (sulfide) groups is 1. The van der Waals surface area contributed by atoms with Gasteiger partial charge in [0.2, 0.25) is 124 Å². The van der Waals surface area contributed by atoms with E-state index in [9.17, 15) is 126 Å². The van der Waals surface area contributed by atoms with E-state index in [0.717, 1.165) is 6.92 Å². The van der Waals surface area contributed by atoms with Crippen LogP contribution in [0.5, 0.6) is 0 Å². The second kappa shape index (κ2) is 72.7. The number of carboxylic acids is 1. The van der Waals surface area contributed by atoms with Gasteiger partial charge in [0, 0.05) is 0 Å². The van der Waals surface area contributed by atoms with Crippen LogP contribution in [0.3, 0.4) is 0 Å². The molecule has 35 N–H and O–H groups in total. The minimum Gasteiger partial charge on any atom is -0.480 e. The Morgan fingerprint density at radius 3 is 0.844 bits per heavy atom. The molecule has 0 radical (unpaired) electrons. The smallest absolute Gasteiger partial charge is 0.326 e. The molecule has 0 saturated heterocycles. The topological polar surface area (TPSA) is 839 Å². The Morgan fingerprint density at radius 2 is 0.497 bits per heavy atom. The van der Waals surface area contributed by atoms with Crippen molar-refractivity contribution in [1.29, 1.82) is 0 Å². The van der Waals surface area contributed by atoms with Crippen molar-refractivity contribution in [2.45, 2.75) is 367 Å². The van der Waals surface area contributed by atoms with Gasteiger partial charge >= 0.3 is 5.97 Å². The summed E-state index contributed by atoms with van der Waals surface area (Å²) < 4.78 is 0. The number of carbonyl (C=O) groups excluding carboxylic acids is 21. The summed E-state index contributed by atoms with van der Waals surface area (Å²) in [5.41, 5.74) is 28.4. The number of aliphatic hydroxyl groups excluding tert-OH is 3. The lowest BCUT2D eigenvalue weighted by atomic mass is 9.96. The van der Waals surface area contributed by atoms with Crippen molar-refractivity contribution in [3.63, 3.8) is 0 Å². The number of hydrogen-bond acceptors (Lipinski definition) is 31. The van der Waals surface area contributed by atoms with Gasteiger partial charge in [-0.3, -0.25) is 101 Å². The van der Waals surface area contributed by atoms with Gasteiger partial charge < -0.3 is 161 Å². The summed E-state index contributed by atoms with van der Waals surface area (Å²) in [6.07, 6.45) is 2.17. The summed E-state index contributed by atoms with van der Waals surface area (Å²) in [6.45, 7) is 24.9. The number of nitrogens with one attached hydrogen (secondary N) is 21. The molecule has 0 aromatic heterocycles. The lowest BCUT2D eigenvalue weighted by Gasteiger charge is -2.30. The summed E-state index contributed by atoms with van der Waals surface area (Å²) in [5, 5.41) is 93.9. The highest BCUT2D eigenvalue weighted by molar-refractivity contribution is 7.98. The average Bonchev–Trinajstić information content (AvgIpc) is 0.570. The minimum atomic E-state index is -1.79. The Hall–Kier alpha value is -11.6. The molecule has 147 heavy (non-hydrogen) atoms. The number of rotatable bonds is 75. The molecular weight excluding hydrogens is 1940 g/mol. The molecule has 0 aliphatic rings. The molecule has 0 saturated carbocycles. The van der Waals surface area contributed by atoms with E-state index in [1.807, 2.05) is 0 Å². The molecule has 24 atom stereocenters. The summed E-state index contributed by atoms with van der Waals surface area (Å²) >= 11 is 1.40. The quantitative estimate of drug-likeness (QED) is 0.0252. The van der Waals surface area contributed by atoms with Crippen molar-refractivity contribution >= 4 is 142 Å². The molecule has 0 spiro atoms. The number of carbonyl (C=O) groups is 22. The first-order chi connectivity index (χ1) is 69.0. The molecule has 0 aliphatic heterocycles. The first-order valence-electron chi connectivity index (χ1n) is 50.5. The molecule has 0 aromatic carbocycles. The van der Waals surface area contributed by atoms with E-state index in [0.29, 0.717) is 44.3 Å². The van der Waals surface area contributed by atoms with Crippen molar-refractivity contribution in [3.8, 4) is 0 Å². The summed E-state index contributed by atoms with van der Waals surface area (Å²) in [5.74, 6) is -21.9. The number of nitrogens with two attached hydrogens (primary N) is 5. The maximum absolute atomic E-state index is 14.4. The van der Waals surface area contributed by atoms with E-state index in [2.05, 4.69) is 112 Å². The van der Waals surface area contributed by atoms with Crippen molar-refractivity contribution in [2.24, 2.45) is 58.3 Å². The predicted molar refractivity (Wildman–Crippen MR) is 546 cm³/mol. The van der Waals surface area contributed by atoms with Crippen molar-refractivity contribution in [2.75, 3.05) is 64.4 Å². The van der Waals surface area contributed by atoms with Crippen molar-refractivity contribution in [1.82, 2.24) is 112 Å². The molecule has 840 valence electrons. The van der Waals surface area contributed by atoms with Crippen molar-refractivity contribution < 1.29 is 126 Å². The van der Waals surface area contributed by atoms with E-state index < -0.39 is 301 Å². The lowest BCUT2D eigenvalue weighted by Crippen LogP contribution is -2.62. The van der Waals surface area contributed by atoms with Crippen LogP contribution in [-0.2, 0) is 105 Å². The Kier molecular flexibility index (Phi) is 66.9. The van der Waals surface area contributed by atoms with Gasteiger partial charge in [-0.2, -0.15) is 11.8 Å². The maximum Gasteiger partial charge on any atom is 0.326 e. The van der Waals surface area contributed by atoms with E-state index in [1.165, 1.54) is 60.2 Å². The third-order valence-electron chi connectivity index (χ3n) is 24.1. The van der Waals surface area contributed by atoms with Gasteiger partial charge in [-0.1, -0.05) is 88.5 Å². The van der Waals surface area contributed by atoms with E-state index in [-0.39, 0.29) is 115 Å². The summed E-state index contributed by atoms with van der Waals surface area (Å²) in [7, 11) is 0. The third kappa shape index (κ3) is 52.2. The van der Waals surface area contributed by atoms with Gasteiger partial charge in [0.05, 0.1) is 38.4 Å². The van der Waals surface area contributed by atoms with E-state index in [4.69, 9.17) is 28.7 Å². The van der Waals surface area contributed by atoms with E-state index in [1.54, 1.807) is 75.5 Å². The second-order valence-electron chi connectivity index (χ2n) is 38.0. The monoisotopic (exact) mass is 2110 g/mol. The predicted octanol–water partition coefficient (Wildman–Crippen LogP) is -8.15. The number of amides is 21. The normalized spacial score (nSPS) is 16.2. The van der Waals surface area contributed by atoms with Crippen LogP contribution in [0.1, 0.15) is 240 Å².